The zero-order valence-electron chi connectivity index (χ0n) is 15.0. The van der Waals surface area contributed by atoms with Crippen LogP contribution in [0, 0.1) is 0 Å². The van der Waals surface area contributed by atoms with Gasteiger partial charge in [0.1, 0.15) is 5.75 Å². The van der Waals surface area contributed by atoms with Gasteiger partial charge in [0.05, 0.1) is 42.1 Å². The Kier molecular flexibility index (Phi) is 3.61. The number of urea groups is 1. The highest BCUT2D eigenvalue weighted by atomic mass is 32.1. The standard InChI is InChI=1S/C19H22N4O3S/c24-18-20-12-1-2-13(22-6-9-25-10-7-22)17(12)23(18)19-21-16-11-5-8-26-14(11)3-4-15(16)27-19/h3-4,12-13,17H,1-2,5-10H2,(H,20,24)/t12-,13-,17-/m1/s1. The van der Waals surface area contributed by atoms with Crippen LogP contribution in [0.1, 0.15) is 18.4 Å². The van der Waals surface area contributed by atoms with Gasteiger partial charge in [0, 0.05) is 31.1 Å². The molecule has 3 aliphatic heterocycles. The van der Waals surface area contributed by atoms with Gasteiger partial charge < -0.3 is 14.8 Å². The van der Waals surface area contributed by atoms with Crippen LogP contribution in [0.25, 0.3) is 10.2 Å². The van der Waals surface area contributed by atoms with E-state index in [-0.39, 0.29) is 18.1 Å². The average molecular weight is 386 g/mol. The number of ether oxygens (including phenoxy) is 2. The first-order valence-corrected chi connectivity index (χ1v) is 10.6. The molecule has 8 heteroatoms. The zero-order chi connectivity index (χ0) is 18.0. The van der Waals surface area contributed by atoms with Crippen LogP contribution in [0.2, 0.25) is 0 Å². The van der Waals surface area contributed by atoms with Crippen LogP contribution in [0.4, 0.5) is 9.93 Å². The van der Waals surface area contributed by atoms with Gasteiger partial charge in [-0.05, 0) is 25.0 Å². The van der Waals surface area contributed by atoms with Crippen molar-refractivity contribution in [1.82, 2.24) is 15.2 Å². The predicted molar refractivity (Wildman–Crippen MR) is 103 cm³/mol. The highest BCUT2D eigenvalue weighted by Crippen LogP contribution is 2.42. The molecular weight excluding hydrogens is 364 g/mol. The van der Waals surface area contributed by atoms with E-state index in [0.29, 0.717) is 6.04 Å². The molecule has 6 rings (SSSR count). The highest BCUT2D eigenvalue weighted by molar-refractivity contribution is 7.22. The summed E-state index contributed by atoms with van der Waals surface area (Å²) in [5.74, 6) is 0.940. The summed E-state index contributed by atoms with van der Waals surface area (Å²) in [6.45, 7) is 4.17. The second kappa shape index (κ2) is 6.05. The van der Waals surface area contributed by atoms with Gasteiger partial charge >= 0.3 is 6.03 Å². The molecule has 0 spiro atoms. The molecule has 2 amide bonds. The average Bonchev–Trinajstić information content (AvgIpc) is 3.43. The Bertz CT molecular complexity index is 910. The number of amides is 2. The van der Waals surface area contributed by atoms with Gasteiger partial charge in [-0.15, -0.1) is 0 Å². The second-order valence-electron chi connectivity index (χ2n) is 7.69. The minimum Gasteiger partial charge on any atom is -0.493 e. The van der Waals surface area contributed by atoms with Crippen molar-refractivity contribution < 1.29 is 14.3 Å². The smallest absolute Gasteiger partial charge is 0.324 e. The first-order valence-electron chi connectivity index (χ1n) is 9.76. The summed E-state index contributed by atoms with van der Waals surface area (Å²) >= 11 is 1.62. The number of rotatable bonds is 2. The van der Waals surface area contributed by atoms with E-state index in [1.165, 1.54) is 5.56 Å². The van der Waals surface area contributed by atoms with Crippen molar-refractivity contribution in [2.45, 2.75) is 37.4 Å². The third kappa shape index (κ3) is 2.40. The van der Waals surface area contributed by atoms with E-state index in [4.69, 9.17) is 14.5 Å². The third-order valence-electron chi connectivity index (χ3n) is 6.35. The van der Waals surface area contributed by atoms with Gasteiger partial charge in [-0.2, -0.15) is 0 Å². The van der Waals surface area contributed by atoms with Crippen LogP contribution in [0.3, 0.4) is 0 Å². The Morgan fingerprint density at radius 1 is 1.19 bits per heavy atom. The molecule has 1 N–H and O–H groups in total. The molecule has 4 aliphatic rings. The third-order valence-corrected chi connectivity index (χ3v) is 7.37. The van der Waals surface area contributed by atoms with E-state index in [0.717, 1.165) is 73.3 Å². The number of hydrogen-bond acceptors (Lipinski definition) is 6. The van der Waals surface area contributed by atoms with Crippen LogP contribution in [-0.2, 0) is 11.2 Å². The summed E-state index contributed by atoms with van der Waals surface area (Å²) in [6.07, 6.45) is 3.04. The fraction of sp³-hybridized carbons (Fsp3) is 0.579. The van der Waals surface area contributed by atoms with E-state index < -0.39 is 0 Å². The van der Waals surface area contributed by atoms with Crippen molar-refractivity contribution in [3.05, 3.63) is 17.7 Å². The van der Waals surface area contributed by atoms with Crippen LogP contribution >= 0.6 is 11.3 Å². The SMILES string of the molecule is O=C1N[C@@H]2CC[C@@H](N3CCOCC3)[C@@H]2N1c1nc2c3c(ccc2s1)OCC3. The molecule has 1 aromatic heterocycles. The van der Waals surface area contributed by atoms with Gasteiger partial charge in [-0.25, -0.2) is 9.78 Å². The van der Waals surface area contributed by atoms with Crippen molar-refractivity contribution in [3.63, 3.8) is 0 Å². The van der Waals surface area contributed by atoms with Gasteiger partial charge in [-0.3, -0.25) is 9.80 Å². The Balaban J connectivity index is 1.39. The summed E-state index contributed by atoms with van der Waals surface area (Å²) in [5, 5.41) is 4.02. The number of thiazole rings is 1. The highest BCUT2D eigenvalue weighted by Gasteiger charge is 2.51. The number of nitrogens with zero attached hydrogens (tertiary/aromatic N) is 3. The maximum absolute atomic E-state index is 12.8. The number of anilines is 1. The molecule has 0 radical (unpaired) electrons. The van der Waals surface area contributed by atoms with Gasteiger partial charge in [0.25, 0.3) is 0 Å². The summed E-state index contributed by atoms with van der Waals surface area (Å²) in [4.78, 5) is 22.2. The predicted octanol–water partition coefficient (Wildman–Crippen LogP) is 1.99. The number of benzene rings is 1. The second-order valence-corrected chi connectivity index (χ2v) is 8.70. The number of carbonyl (C=O) groups excluding carboxylic acids is 1. The van der Waals surface area contributed by atoms with Crippen molar-refractivity contribution in [3.8, 4) is 5.75 Å². The molecule has 1 aliphatic carbocycles. The number of aromatic nitrogens is 1. The maximum Gasteiger partial charge on any atom is 0.324 e. The molecule has 3 atom stereocenters. The molecular formula is C19H22N4O3S. The summed E-state index contributed by atoms with van der Waals surface area (Å²) in [7, 11) is 0. The van der Waals surface area contributed by atoms with E-state index in [2.05, 4.69) is 16.3 Å². The fourth-order valence-corrected chi connectivity index (χ4v) is 6.15. The van der Waals surface area contributed by atoms with Crippen LogP contribution < -0.4 is 15.0 Å². The number of morpholine rings is 1. The van der Waals surface area contributed by atoms with Crippen LogP contribution in [-0.4, -0.2) is 67.0 Å². The summed E-state index contributed by atoms with van der Waals surface area (Å²) in [6, 6.07) is 4.84. The molecule has 2 aromatic rings. The molecule has 142 valence electrons. The molecule has 0 bridgehead atoms. The Morgan fingerprint density at radius 3 is 2.96 bits per heavy atom. The van der Waals surface area contributed by atoms with Crippen LogP contribution in [0.15, 0.2) is 12.1 Å². The molecule has 0 unspecified atom stereocenters. The minimum absolute atomic E-state index is 0.00471. The summed E-state index contributed by atoms with van der Waals surface area (Å²) < 4.78 is 12.3. The number of carbonyl (C=O) groups is 1. The lowest BCUT2D eigenvalue weighted by atomic mass is 10.1. The minimum atomic E-state index is -0.00471. The number of nitrogens with one attached hydrogen (secondary N) is 1. The van der Waals surface area contributed by atoms with Gasteiger partial charge in [-0.1, -0.05) is 11.3 Å². The molecule has 7 nitrogen and oxygen atoms in total. The molecule has 27 heavy (non-hydrogen) atoms. The maximum atomic E-state index is 12.8. The number of fused-ring (bicyclic) bond motifs is 4. The largest absolute Gasteiger partial charge is 0.493 e. The molecule has 4 heterocycles. The first kappa shape index (κ1) is 16.1. The zero-order valence-corrected chi connectivity index (χ0v) is 15.8. The van der Waals surface area contributed by atoms with Gasteiger partial charge in [0.15, 0.2) is 5.13 Å². The van der Waals surface area contributed by atoms with Gasteiger partial charge in [0.2, 0.25) is 0 Å². The number of hydrogen-bond donors (Lipinski definition) is 1. The molecule has 3 fully saturated rings. The van der Waals surface area contributed by atoms with E-state index >= 15 is 0 Å². The van der Waals surface area contributed by atoms with Crippen molar-refractivity contribution in [2.24, 2.45) is 0 Å². The Morgan fingerprint density at radius 2 is 2.07 bits per heavy atom. The topological polar surface area (TPSA) is 66.9 Å². The van der Waals surface area contributed by atoms with E-state index in [1.54, 1.807) is 11.3 Å². The van der Waals surface area contributed by atoms with E-state index in [1.807, 2.05) is 11.0 Å². The first-order chi connectivity index (χ1) is 13.3. The fourth-order valence-electron chi connectivity index (χ4n) is 5.12. The lowest BCUT2D eigenvalue weighted by Gasteiger charge is -2.37. The van der Waals surface area contributed by atoms with Crippen molar-refractivity contribution >= 4 is 32.7 Å². The van der Waals surface area contributed by atoms with Crippen molar-refractivity contribution in [1.29, 1.82) is 0 Å². The lowest BCUT2D eigenvalue weighted by Crippen LogP contribution is -2.53. The van der Waals surface area contributed by atoms with Crippen LogP contribution in [0.5, 0.6) is 5.75 Å². The summed E-state index contributed by atoms with van der Waals surface area (Å²) in [5.41, 5.74) is 2.18. The molecule has 1 saturated carbocycles. The molecule has 2 saturated heterocycles. The Labute approximate surface area is 161 Å². The Hall–Kier alpha value is -1.90. The quantitative estimate of drug-likeness (QED) is 0.855. The van der Waals surface area contributed by atoms with E-state index in [9.17, 15) is 4.79 Å². The monoisotopic (exact) mass is 386 g/mol. The van der Waals surface area contributed by atoms with Crippen molar-refractivity contribution in [2.75, 3.05) is 37.8 Å². The molecule has 1 aromatic carbocycles. The lowest BCUT2D eigenvalue weighted by molar-refractivity contribution is 0.0150. The normalized spacial score (nSPS) is 30.4.